The molecule has 1 heterocycles. The van der Waals surface area contributed by atoms with Gasteiger partial charge < -0.3 is 25.2 Å². The minimum Gasteiger partial charge on any atom is -0.444 e. The Morgan fingerprint density at radius 2 is 2.08 bits per heavy atom. The molecule has 0 bridgehead atoms. The summed E-state index contributed by atoms with van der Waals surface area (Å²) >= 11 is 0. The molecule has 1 aliphatic rings. The van der Waals surface area contributed by atoms with Crippen molar-refractivity contribution in [1.82, 2.24) is 4.90 Å². The Bertz CT molecular complexity index is 600. The molecular weight excluding hydrogens is 322 g/mol. The number of ether oxygens (including phenoxy) is 2. The fourth-order valence-corrected chi connectivity index (χ4v) is 3.01. The number of carbonyl (C=O) groups is 1. The van der Waals surface area contributed by atoms with Gasteiger partial charge in [-0.3, -0.25) is 4.90 Å². The number of nitrogens with two attached hydrogens (primary N) is 1. The molecule has 0 saturated carbocycles. The van der Waals surface area contributed by atoms with Gasteiger partial charge in [0.1, 0.15) is 5.60 Å². The van der Waals surface area contributed by atoms with Crippen LogP contribution in [0, 0.1) is 0 Å². The van der Waals surface area contributed by atoms with E-state index >= 15 is 0 Å². The number of anilines is 2. The maximum absolute atomic E-state index is 12.5. The fourth-order valence-electron chi connectivity index (χ4n) is 3.01. The summed E-state index contributed by atoms with van der Waals surface area (Å²) in [5.74, 6) is 0. The predicted molar refractivity (Wildman–Crippen MR) is 97.6 cm³/mol. The summed E-state index contributed by atoms with van der Waals surface area (Å²) in [6, 6.07) is 5.38. The standard InChI is InChI=1S/C18H29N3O4/c1-18(2,3)25-17(23)21-8-7-20(10-15(21)12-24-4)16-6-5-14(19)9-13(16)11-22/h5-6,9,15,22H,7-8,10-12,19H2,1-4H3. The summed E-state index contributed by atoms with van der Waals surface area (Å²) in [7, 11) is 1.62. The van der Waals surface area contributed by atoms with Gasteiger partial charge in [0.25, 0.3) is 0 Å². The summed E-state index contributed by atoms with van der Waals surface area (Å²) in [6.07, 6.45) is -0.325. The van der Waals surface area contributed by atoms with Gasteiger partial charge in [-0.1, -0.05) is 0 Å². The lowest BCUT2D eigenvalue weighted by Crippen LogP contribution is -2.58. The van der Waals surface area contributed by atoms with Crippen LogP contribution >= 0.6 is 0 Å². The van der Waals surface area contributed by atoms with Crippen molar-refractivity contribution in [3.05, 3.63) is 23.8 Å². The average Bonchev–Trinajstić information content (AvgIpc) is 2.53. The first-order chi connectivity index (χ1) is 11.7. The molecule has 25 heavy (non-hydrogen) atoms. The molecule has 0 aromatic heterocycles. The Balaban J connectivity index is 2.17. The number of hydrogen-bond donors (Lipinski definition) is 2. The third-order valence-corrected chi connectivity index (χ3v) is 4.08. The van der Waals surface area contributed by atoms with Crippen LogP contribution in [0.25, 0.3) is 0 Å². The van der Waals surface area contributed by atoms with E-state index < -0.39 is 5.60 Å². The van der Waals surface area contributed by atoms with Crippen LogP contribution in [0.2, 0.25) is 0 Å². The van der Waals surface area contributed by atoms with Crippen LogP contribution in [-0.4, -0.2) is 61.1 Å². The minimum atomic E-state index is -0.535. The molecule has 7 heteroatoms. The number of methoxy groups -OCH3 is 1. The summed E-state index contributed by atoms with van der Waals surface area (Å²) in [6.45, 7) is 7.68. The monoisotopic (exact) mass is 351 g/mol. The number of carbonyl (C=O) groups excluding carboxylic acids is 1. The Morgan fingerprint density at radius 3 is 2.68 bits per heavy atom. The zero-order valence-corrected chi connectivity index (χ0v) is 15.5. The lowest BCUT2D eigenvalue weighted by molar-refractivity contribution is 0.00341. The second-order valence-electron chi connectivity index (χ2n) is 7.28. The molecule has 0 spiro atoms. The number of piperazine rings is 1. The van der Waals surface area contributed by atoms with Gasteiger partial charge in [-0.05, 0) is 39.0 Å². The first kappa shape index (κ1) is 19.3. The summed E-state index contributed by atoms with van der Waals surface area (Å²) in [5.41, 5.74) is 7.60. The molecule has 1 aromatic rings. The Kier molecular flexibility index (Phi) is 6.13. The molecule has 140 valence electrons. The SMILES string of the molecule is COCC1CN(c2ccc(N)cc2CO)CCN1C(=O)OC(C)(C)C. The molecule has 2 rings (SSSR count). The van der Waals surface area contributed by atoms with Crippen LogP contribution in [-0.2, 0) is 16.1 Å². The van der Waals surface area contributed by atoms with Crippen molar-refractivity contribution in [2.24, 2.45) is 0 Å². The highest BCUT2D eigenvalue weighted by Crippen LogP contribution is 2.26. The van der Waals surface area contributed by atoms with Crippen molar-refractivity contribution >= 4 is 17.5 Å². The third-order valence-electron chi connectivity index (χ3n) is 4.08. The molecular formula is C18H29N3O4. The van der Waals surface area contributed by atoms with Gasteiger partial charge >= 0.3 is 6.09 Å². The highest BCUT2D eigenvalue weighted by Gasteiger charge is 2.33. The maximum Gasteiger partial charge on any atom is 0.410 e. The van der Waals surface area contributed by atoms with Gasteiger partial charge in [-0.15, -0.1) is 0 Å². The molecule has 1 fully saturated rings. The quantitative estimate of drug-likeness (QED) is 0.805. The third kappa shape index (κ3) is 4.99. The topological polar surface area (TPSA) is 88.3 Å². The Morgan fingerprint density at radius 1 is 1.36 bits per heavy atom. The van der Waals surface area contributed by atoms with E-state index in [0.29, 0.717) is 31.9 Å². The number of aliphatic hydroxyl groups excluding tert-OH is 1. The average molecular weight is 351 g/mol. The molecule has 1 aromatic carbocycles. The van der Waals surface area contributed by atoms with Gasteiger partial charge in [0.15, 0.2) is 0 Å². The second kappa shape index (κ2) is 7.93. The van der Waals surface area contributed by atoms with Crippen LogP contribution < -0.4 is 10.6 Å². The normalized spacial score (nSPS) is 18.4. The van der Waals surface area contributed by atoms with Crippen LogP contribution in [0.5, 0.6) is 0 Å². The highest BCUT2D eigenvalue weighted by molar-refractivity contribution is 5.69. The maximum atomic E-state index is 12.5. The number of aliphatic hydroxyl groups is 1. The summed E-state index contributed by atoms with van der Waals surface area (Å²) in [5, 5.41) is 9.62. The zero-order chi connectivity index (χ0) is 18.6. The lowest BCUT2D eigenvalue weighted by atomic mass is 10.1. The van der Waals surface area contributed by atoms with E-state index in [0.717, 1.165) is 11.3 Å². The minimum absolute atomic E-state index is 0.0817. The van der Waals surface area contributed by atoms with E-state index in [1.54, 1.807) is 18.1 Å². The van der Waals surface area contributed by atoms with E-state index in [4.69, 9.17) is 15.2 Å². The second-order valence-corrected chi connectivity index (χ2v) is 7.28. The van der Waals surface area contributed by atoms with Crippen molar-refractivity contribution in [3.63, 3.8) is 0 Å². The zero-order valence-electron chi connectivity index (χ0n) is 15.5. The molecule has 3 N–H and O–H groups in total. The van der Waals surface area contributed by atoms with Gasteiger partial charge in [0, 0.05) is 43.7 Å². The van der Waals surface area contributed by atoms with E-state index in [-0.39, 0.29) is 18.7 Å². The highest BCUT2D eigenvalue weighted by atomic mass is 16.6. The number of rotatable bonds is 4. The van der Waals surface area contributed by atoms with Crippen LogP contribution in [0.1, 0.15) is 26.3 Å². The smallest absolute Gasteiger partial charge is 0.410 e. The first-order valence-corrected chi connectivity index (χ1v) is 8.48. The number of nitrogen functional groups attached to an aromatic ring is 1. The molecule has 1 unspecified atom stereocenters. The molecule has 0 radical (unpaired) electrons. The predicted octanol–water partition coefficient (Wildman–Crippen LogP) is 1.83. The number of benzene rings is 1. The summed E-state index contributed by atoms with van der Waals surface area (Å²) < 4.78 is 10.8. The van der Waals surface area contributed by atoms with E-state index in [1.807, 2.05) is 32.9 Å². The Labute approximate surface area is 149 Å². The molecule has 1 amide bonds. The first-order valence-electron chi connectivity index (χ1n) is 8.48. The Hall–Kier alpha value is -1.99. The molecule has 0 aliphatic carbocycles. The van der Waals surface area contributed by atoms with Crippen molar-refractivity contribution < 1.29 is 19.4 Å². The molecule has 1 atom stereocenters. The van der Waals surface area contributed by atoms with Gasteiger partial charge in [-0.2, -0.15) is 0 Å². The lowest BCUT2D eigenvalue weighted by Gasteiger charge is -2.42. The van der Waals surface area contributed by atoms with Crippen LogP contribution in [0.3, 0.4) is 0 Å². The fraction of sp³-hybridized carbons (Fsp3) is 0.611. The van der Waals surface area contributed by atoms with E-state index in [1.165, 1.54) is 0 Å². The largest absolute Gasteiger partial charge is 0.444 e. The van der Waals surface area contributed by atoms with Gasteiger partial charge in [0.2, 0.25) is 0 Å². The number of nitrogens with zero attached hydrogens (tertiary/aromatic N) is 2. The molecule has 1 aliphatic heterocycles. The van der Waals surface area contributed by atoms with Crippen molar-refractivity contribution in [2.45, 2.75) is 39.0 Å². The summed E-state index contributed by atoms with van der Waals surface area (Å²) in [4.78, 5) is 16.4. The molecule has 7 nitrogen and oxygen atoms in total. The molecule has 1 saturated heterocycles. The van der Waals surface area contributed by atoms with E-state index in [9.17, 15) is 9.90 Å². The van der Waals surface area contributed by atoms with Crippen molar-refractivity contribution in [2.75, 3.05) is 44.0 Å². The van der Waals surface area contributed by atoms with Crippen LogP contribution in [0.15, 0.2) is 18.2 Å². The van der Waals surface area contributed by atoms with Gasteiger partial charge in [-0.25, -0.2) is 4.79 Å². The number of hydrogen-bond acceptors (Lipinski definition) is 6. The van der Waals surface area contributed by atoms with Crippen molar-refractivity contribution in [3.8, 4) is 0 Å². The van der Waals surface area contributed by atoms with Gasteiger partial charge in [0.05, 0.1) is 19.3 Å². The number of amides is 1. The van der Waals surface area contributed by atoms with Crippen molar-refractivity contribution in [1.29, 1.82) is 0 Å². The van der Waals surface area contributed by atoms with E-state index in [2.05, 4.69) is 4.90 Å². The van der Waals surface area contributed by atoms with Crippen LogP contribution in [0.4, 0.5) is 16.2 Å².